The van der Waals surface area contributed by atoms with Gasteiger partial charge in [0.1, 0.15) is 0 Å². The van der Waals surface area contributed by atoms with Crippen LogP contribution >= 0.6 is 11.8 Å². The van der Waals surface area contributed by atoms with Crippen molar-refractivity contribution in [3.8, 4) is 0 Å². The third-order valence-corrected chi connectivity index (χ3v) is 2.42. The molecule has 0 saturated carbocycles. The van der Waals surface area contributed by atoms with E-state index in [1.165, 1.54) is 10.5 Å². The lowest BCUT2D eigenvalue weighted by Gasteiger charge is -2.05. The zero-order valence-electron chi connectivity index (χ0n) is 7.58. The Balaban J connectivity index is 2.72. The van der Waals surface area contributed by atoms with Crippen molar-refractivity contribution in [2.45, 2.75) is 24.3 Å². The first-order valence-electron chi connectivity index (χ1n) is 4.11. The van der Waals surface area contributed by atoms with Crippen molar-refractivity contribution in [1.29, 1.82) is 0 Å². The van der Waals surface area contributed by atoms with Crippen LogP contribution in [0.2, 0.25) is 0 Å². The van der Waals surface area contributed by atoms with E-state index in [2.05, 4.69) is 30.5 Å². The quantitative estimate of drug-likeness (QED) is 0.724. The number of rotatable bonds is 3. The highest BCUT2D eigenvalue weighted by molar-refractivity contribution is 7.98. The molecule has 0 amide bonds. The topological polar surface area (TPSA) is 26.0 Å². The van der Waals surface area contributed by atoms with E-state index in [0.717, 1.165) is 6.42 Å². The van der Waals surface area contributed by atoms with Gasteiger partial charge in [0.2, 0.25) is 0 Å². The van der Waals surface area contributed by atoms with Crippen LogP contribution in [-0.2, 0) is 6.42 Å². The van der Waals surface area contributed by atoms with E-state index in [4.69, 9.17) is 5.73 Å². The first-order chi connectivity index (χ1) is 5.72. The molecular weight excluding hydrogens is 166 g/mol. The third kappa shape index (κ3) is 2.88. The van der Waals surface area contributed by atoms with E-state index >= 15 is 0 Å². The molecule has 0 heterocycles. The van der Waals surface area contributed by atoms with Gasteiger partial charge in [0.15, 0.2) is 0 Å². The van der Waals surface area contributed by atoms with Crippen LogP contribution in [0.1, 0.15) is 12.5 Å². The molecule has 1 atom stereocenters. The molecule has 1 nitrogen and oxygen atoms in total. The zero-order chi connectivity index (χ0) is 8.97. The van der Waals surface area contributed by atoms with Crippen LogP contribution in [0.5, 0.6) is 0 Å². The molecule has 2 N–H and O–H groups in total. The van der Waals surface area contributed by atoms with E-state index < -0.39 is 0 Å². The summed E-state index contributed by atoms with van der Waals surface area (Å²) in [5.41, 5.74) is 7.04. The second-order valence-corrected chi connectivity index (χ2v) is 3.91. The number of thioether (sulfide) groups is 1. The van der Waals surface area contributed by atoms with Crippen molar-refractivity contribution < 1.29 is 0 Å². The Morgan fingerprint density at radius 2 is 2.25 bits per heavy atom. The Morgan fingerprint density at radius 3 is 2.83 bits per heavy atom. The van der Waals surface area contributed by atoms with Crippen LogP contribution in [0.3, 0.4) is 0 Å². The number of benzene rings is 1. The molecule has 0 fully saturated rings. The van der Waals surface area contributed by atoms with Crippen LogP contribution in [0.25, 0.3) is 0 Å². The molecule has 12 heavy (non-hydrogen) atoms. The average Bonchev–Trinajstić information content (AvgIpc) is 2.03. The van der Waals surface area contributed by atoms with E-state index in [1.807, 2.05) is 6.92 Å². The summed E-state index contributed by atoms with van der Waals surface area (Å²) in [6.45, 7) is 2.03. The van der Waals surface area contributed by atoms with E-state index in [0.29, 0.717) is 0 Å². The van der Waals surface area contributed by atoms with Gasteiger partial charge in [-0.25, -0.2) is 0 Å². The minimum Gasteiger partial charge on any atom is -0.328 e. The Labute approximate surface area is 78.4 Å². The molecule has 0 bridgehead atoms. The van der Waals surface area contributed by atoms with Gasteiger partial charge in [0, 0.05) is 10.9 Å². The van der Waals surface area contributed by atoms with Crippen LogP contribution in [0.4, 0.5) is 0 Å². The summed E-state index contributed by atoms with van der Waals surface area (Å²) in [6.07, 6.45) is 3.05. The smallest absolute Gasteiger partial charge is 0.00718 e. The van der Waals surface area contributed by atoms with Gasteiger partial charge in [-0.05, 0) is 37.3 Å². The fourth-order valence-corrected chi connectivity index (χ4v) is 1.66. The molecule has 0 saturated heterocycles. The summed E-state index contributed by atoms with van der Waals surface area (Å²) < 4.78 is 0. The zero-order valence-corrected chi connectivity index (χ0v) is 8.40. The van der Waals surface area contributed by atoms with Gasteiger partial charge in [-0.15, -0.1) is 11.8 Å². The second-order valence-electron chi connectivity index (χ2n) is 3.03. The maximum Gasteiger partial charge on any atom is 0.00718 e. The monoisotopic (exact) mass is 181 g/mol. The molecule has 0 radical (unpaired) electrons. The molecule has 0 unspecified atom stereocenters. The molecule has 2 heteroatoms. The maximum absolute atomic E-state index is 5.71. The van der Waals surface area contributed by atoms with E-state index in [-0.39, 0.29) is 6.04 Å². The summed E-state index contributed by atoms with van der Waals surface area (Å²) in [7, 11) is 0. The van der Waals surface area contributed by atoms with Crippen LogP contribution in [0, 0.1) is 0 Å². The number of hydrogen-bond acceptors (Lipinski definition) is 2. The van der Waals surface area contributed by atoms with E-state index in [9.17, 15) is 0 Å². The van der Waals surface area contributed by atoms with Crippen molar-refractivity contribution in [2.24, 2.45) is 5.73 Å². The van der Waals surface area contributed by atoms with Gasteiger partial charge >= 0.3 is 0 Å². The molecule has 0 spiro atoms. The summed E-state index contributed by atoms with van der Waals surface area (Å²) in [5.74, 6) is 0. The molecule has 0 aliphatic rings. The number of nitrogens with two attached hydrogens (primary N) is 1. The lowest BCUT2D eigenvalue weighted by molar-refractivity contribution is 0.737. The second kappa shape index (κ2) is 4.53. The molecule has 0 aliphatic heterocycles. The predicted molar refractivity (Wildman–Crippen MR) is 55.6 cm³/mol. The highest BCUT2D eigenvalue weighted by Crippen LogP contribution is 2.16. The van der Waals surface area contributed by atoms with Crippen molar-refractivity contribution in [1.82, 2.24) is 0 Å². The van der Waals surface area contributed by atoms with Gasteiger partial charge in [-0.2, -0.15) is 0 Å². The SMILES string of the molecule is CSc1cccc(C[C@@H](C)N)c1. The fraction of sp³-hybridized carbons (Fsp3) is 0.400. The van der Waals surface area contributed by atoms with Crippen LogP contribution in [-0.4, -0.2) is 12.3 Å². The van der Waals surface area contributed by atoms with Crippen LogP contribution < -0.4 is 5.73 Å². The fourth-order valence-electron chi connectivity index (χ4n) is 1.17. The Hall–Kier alpha value is -0.470. The van der Waals surface area contributed by atoms with Crippen molar-refractivity contribution in [3.63, 3.8) is 0 Å². The minimum atomic E-state index is 0.252. The standard InChI is InChI=1S/C10H15NS/c1-8(11)6-9-4-3-5-10(7-9)12-2/h3-5,7-8H,6,11H2,1-2H3/t8-/m1/s1. The van der Waals surface area contributed by atoms with E-state index in [1.54, 1.807) is 11.8 Å². The molecule has 1 aromatic carbocycles. The van der Waals surface area contributed by atoms with Gasteiger partial charge in [0.25, 0.3) is 0 Å². The first kappa shape index (κ1) is 9.62. The normalized spacial score (nSPS) is 12.9. The minimum absolute atomic E-state index is 0.252. The van der Waals surface area contributed by atoms with Crippen molar-refractivity contribution in [2.75, 3.05) is 6.26 Å². The largest absolute Gasteiger partial charge is 0.328 e. The molecule has 66 valence electrons. The van der Waals surface area contributed by atoms with Gasteiger partial charge < -0.3 is 5.73 Å². The predicted octanol–water partition coefficient (Wildman–Crippen LogP) is 2.30. The van der Waals surface area contributed by atoms with Crippen LogP contribution in [0.15, 0.2) is 29.2 Å². The van der Waals surface area contributed by atoms with Crippen molar-refractivity contribution in [3.05, 3.63) is 29.8 Å². The lowest BCUT2D eigenvalue weighted by Crippen LogP contribution is -2.17. The Morgan fingerprint density at radius 1 is 1.50 bits per heavy atom. The number of hydrogen-bond donors (Lipinski definition) is 1. The summed E-state index contributed by atoms with van der Waals surface area (Å²) in [4.78, 5) is 1.31. The highest BCUT2D eigenvalue weighted by atomic mass is 32.2. The summed E-state index contributed by atoms with van der Waals surface area (Å²) >= 11 is 1.77. The van der Waals surface area contributed by atoms with Gasteiger partial charge in [-0.1, -0.05) is 12.1 Å². The first-order valence-corrected chi connectivity index (χ1v) is 5.33. The lowest BCUT2D eigenvalue weighted by atomic mass is 10.1. The molecule has 0 aromatic heterocycles. The molecule has 1 rings (SSSR count). The molecule has 0 aliphatic carbocycles. The molecular formula is C10H15NS. The summed E-state index contributed by atoms with van der Waals surface area (Å²) in [6, 6.07) is 8.79. The summed E-state index contributed by atoms with van der Waals surface area (Å²) in [5, 5.41) is 0. The molecule has 1 aromatic rings. The Bertz CT molecular complexity index is 245. The highest BCUT2D eigenvalue weighted by Gasteiger charge is 1.97. The maximum atomic E-state index is 5.71. The Kier molecular flexibility index (Phi) is 3.63. The third-order valence-electron chi connectivity index (χ3n) is 1.69. The van der Waals surface area contributed by atoms with Gasteiger partial charge in [-0.3, -0.25) is 0 Å². The van der Waals surface area contributed by atoms with Crippen molar-refractivity contribution >= 4 is 11.8 Å². The average molecular weight is 181 g/mol. The van der Waals surface area contributed by atoms with Gasteiger partial charge in [0.05, 0.1) is 0 Å².